The number of carbonyl (C=O) groups is 1. The van der Waals surface area contributed by atoms with Crippen LogP contribution < -0.4 is 14.8 Å². The van der Waals surface area contributed by atoms with Crippen molar-refractivity contribution in [1.29, 1.82) is 0 Å². The van der Waals surface area contributed by atoms with E-state index in [9.17, 15) is 4.79 Å². The van der Waals surface area contributed by atoms with E-state index in [1.807, 2.05) is 26.0 Å². The van der Waals surface area contributed by atoms with E-state index in [0.717, 1.165) is 36.6 Å². The van der Waals surface area contributed by atoms with Crippen LogP contribution in [0.15, 0.2) is 36.4 Å². The van der Waals surface area contributed by atoms with Crippen LogP contribution in [0.1, 0.15) is 36.1 Å². The van der Waals surface area contributed by atoms with Crippen molar-refractivity contribution in [3.05, 3.63) is 58.7 Å². The number of nitrogens with zero attached hydrogens (tertiary/aromatic N) is 1. The molecule has 2 aromatic carbocycles. The summed E-state index contributed by atoms with van der Waals surface area (Å²) < 4.78 is 11.5. The maximum atomic E-state index is 12.4. The molecule has 5 heteroatoms. The minimum absolute atomic E-state index is 0.0580. The van der Waals surface area contributed by atoms with E-state index >= 15 is 0 Å². The van der Waals surface area contributed by atoms with Gasteiger partial charge in [0.15, 0.2) is 11.5 Å². The molecule has 0 atom stereocenters. The standard InChI is InChI=1S/C23H30N2O3/c1-4-27-21-12-18-10-11-25(15-20(18)13-22(21)28-5-2)16-23(26)24-14-19-9-7-6-8-17(19)3/h6-9,12-13H,4-5,10-11,14-16H2,1-3H3,(H,24,26). The molecule has 0 aromatic heterocycles. The minimum Gasteiger partial charge on any atom is -0.490 e. The highest BCUT2D eigenvalue weighted by atomic mass is 16.5. The molecule has 5 nitrogen and oxygen atoms in total. The van der Waals surface area contributed by atoms with Gasteiger partial charge in [-0.1, -0.05) is 24.3 Å². The van der Waals surface area contributed by atoms with Crippen LogP contribution in [-0.4, -0.2) is 37.1 Å². The molecule has 0 spiro atoms. The summed E-state index contributed by atoms with van der Waals surface area (Å²) in [5.41, 5.74) is 4.85. The van der Waals surface area contributed by atoms with Crippen LogP contribution in [0.5, 0.6) is 11.5 Å². The lowest BCUT2D eigenvalue weighted by Gasteiger charge is -2.29. The minimum atomic E-state index is 0.0580. The third-order valence-electron chi connectivity index (χ3n) is 5.06. The van der Waals surface area contributed by atoms with Crippen molar-refractivity contribution in [2.45, 2.75) is 40.3 Å². The fourth-order valence-electron chi connectivity index (χ4n) is 3.56. The van der Waals surface area contributed by atoms with E-state index in [1.54, 1.807) is 0 Å². The predicted octanol–water partition coefficient (Wildman–Crippen LogP) is 3.47. The Labute approximate surface area is 167 Å². The first kappa shape index (κ1) is 20.2. The Bertz CT molecular complexity index is 819. The van der Waals surface area contributed by atoms with Gasteiger partial charge < -0.3 is 14.8 Å². The average Bonchev–Trinajstić information content (AvgIpc) is 2.68. The van der Waals surface area contributed by atoms with Crippen LogP contribution in [0.4, 0.5) is 0 Å². The summed E-state index contributed by atoms with van der Waals surface area (Å²) in [6, 6.07) is 12.3. The monoisotopic (exact) mass is 382 g/mol. The van der Waals surface area contributed by atoms with Crippen LogP contribution >= 0.6 is 0 Å². The van der Waals surface area contributed by atoms with Gasteiger partial charge >= 0.3 is 0 Å². The van der Waals surface area contributed by atoms with Gasteiger partial charge in [-0.2, -0.15) is 0 Å². The Kier molecular flexibility index (Phi) is 6.93. The second kappa shape index (κ2) is 9.60. The van der Waals surface area contributed by atoms with Crippen LogP contribution in [0.2, 0.25) is 0 Å². The highest BCUT2D eigenvalue weighted by molar-refractivity contribution is 5.78. The molecule has 1 aliphatic heterocycles. The molecule has 1 amide bonds. The number of nitrogens with one attached hydrogen (secondary N) is 1. The Balaban J connectivity index is 1.60. The maximum absolute atomic E-state index is 12.4. The van der Waals surface area contributed by atoms with Crippen molar-refractivity contribution in [1.82, 2.24) is 10.2 Å². The number of hydrogen-bond acceptors (Lipinski definition) is 4. The number of hydrogen-bond donors (Lipinski definition) is 1. The molecule has 0 saturated carbocycles. The van der Waals surface area contributed by atoms with E-state index in [4.69, 9.17) is 9.47 Å². The van der Waals surface area contributed by atoms with Gasteiger partial charge in [-0.15, -0.1) is 0 Å². The molecule has 1 N–H and O–H groups in total. The molecular formula is C23H30N2O3. The highest BCUT2D eigenvalue weighted by Gasteiger charge is 2.21. The Morgan fingerprint density at radius 3 is 2.43 bits per heavy atom. The fraction of sp³-hybridized carbons (Fsp3) is 0.435. The van der Waals surface area contributed by atoms with E-state index < -0.39 is 0 Å². The van der Waals surface area contributed by atoms with Gasteiger partial charge in [0, 0.05) is 19.6 Å². The number of fused-ring (bicyclic) bond motifs is 1. The number of rotatable bonds is 8. The summed E-state index contributed by atoms with van der Waals surface area (Å²) in [5.74, 6) is 1.66. The number of carbonyl (C=O) groups excluding carboxylic acids is 1. The highest BCUT2D eigenvalue weighted by Crippen LogP contribution is 2.33. The molecule has 0 aliphatic carbocycles. The van der Waals surface area contributed by atoms with Gasteiger partial charge in [0.25, 0.3) is 0 Å². The summed E-state index contributed by atoms with van der Waals surface area (Å²) in [7, 11) is 0. The quantitative estimate of drug-likeness (QED) is 0.760. The van der Waals surface area contributed by atoms with Crippen molar-refractivity contribution >= 4 is 5.91 Å². The molecule has 0 unspecified atom stereocenters. The number of benzene rings is 2. The lowest BCUT2D eigenvalue weighted by atomic mass is 9.98. The van der Waals surface area contributed by atoms with Crippen LogP contribution in [0.3, 0.4) is 0 Å². The van der Waals surface area contributed by atoms with Crippen molar-refractivity contribution in [2.75, 3.05) is 26.3 Å². The Morgan fingerprint density at radius 1 is 1.07 bits per heavy atom. The van der Waals surface area contributed by atoms with Gasteiger partial charge in [0.2, 0.25) is 5.91 Å². The van der Waals surface area contributed by atoms with Gasteiger partial charge in [-0.25, -0.2) is 0 Å². The average molecular weight is 383 g/mol. The number of aryl methyl sites for hydroxylation is 1. The number of amides is 1. The topological polar surface area (TPSA) is 50.8 Å². The molecule has 1 heterocycles. The lowest BCUT2D eigenvalue weighted by Crippen LogP contribution is -2.39. The molecule has 2 aromatic rings. The van der Waals surface area contributed by atoms with E-state index in [2.05, 4.69) is 41.4 Å². The molecule has 0 radical (unpaired) electrons. The van der Waals surface area contributed by atoms with Gasteiger partial charge in [0.05, 0.1) is 19.8 Å². The molecule has 150 valence electrons. The molecule has 1 aliphatic rings. The maximum Gasteiger partial charge on any atom is 0.234 e. The zero-order valence-corrected chi connectivity index (χ0v) is 17.1. The molecule has 0 fully saturated rings. The first-order chi connectivity index (χ1) is 13.6. The summed E-state index contributed by atoms with van der Waals surface area (Å²) in [4.78, 5) is 14.6. The van der Waals surface area contributed by atoms with Crippen molar-refractivity contribution in [2.24, 2.45) is 0 Å². The van der Waals surface area contributed by atoms with Crippen molar-refractivity contribution in [3.8, 4) is 11.5 Å². The summed E-state index contributed by atoms with van der Waals surface area (Å²) in [6.07, 6.45) is 0.910. The van der Waals surface area contributed by atoms with Crippen molar-refractivity contribution < 1.29 is 14.3 Å². The largest absolute Gasteiger partial charge is 0.490 e. The van der Waals surface area contributed by atoms with Gasteiger partial charge in [0.1, 0.15) is 0 Å². The van der Waals surface area contributed by atoms with Crippen LogP contribution in [0, 0.1) is 6.92 Å². The van der Waals surface area contributed by atoms with Crippen LogP contribution in [0.25, 0.3) is 0 Å². The zero-order chi connectivity index (χ0) is 19.9. The van der Waals surface area contributed by atoms with Crippen LogP contribution in [-0.2, 0) is 24.3 Å². The Hall–Kier alpha value is -2.53. The molecule has 0 bridgehead atoms. The third-order valence-corrected chi connectivity index (χ3v) is 5.06. The van der Waals surface area contributed by atoms with E-state index in [-0.39, 0.29) is 5.91 Å². The SMILES string of the molecule is CCOc1cc2c(cc1OCC)CN(CC(=O)NCc1ccccc1C)CC2. The second-order valence-electron chi connectivity index (χ2n) is 7.10. The summed E-state index contributed by atoms with van der Waals surface area (Å²) in [5, 5.41) is 3.04. The smallest absolute Gasteiger partial charge is 0.234 e. The van der Waals surface area contributed by atoms with Gasteiger partial charge in [-0.05, 0) is 61.6 Å². The third kappa shape index (κ3) is 5.04. The summed E-state index contributed by atoms with van der Waals surface area (Å²) >= 11 is 0. The van der Waals surface area contributed by atoms with Crippen molar-refractivity contribution in [3.63, 3.8) is 0 Å². The molecule has 0 saturated heterocycles. The normalized spacial score (nSPS) is 13.7. The van der Waals surface area contributed by atoms with Gasteiger partial charge in [-0.3, -0.25) is 9.69 Å². The number of ether oxygens (including phenoxy) is 2. The molecular weight excluding hydrogens is 352 g/mol. The second-order valence-corrected chi connectivity index (χ2v) is 7.10. The zero-order valence-electron chi connectivity index (χ0n) is 17.1. The van der Waals surface area contributed by atoms with E-state index in [0.29, 0.717) is 26.3 Å². The lowest BCUT2D eigenvalue weighted by molar-refractivity contribution is -0.122. The first-order valence-corrected chi connectivity index (χ1v) is 10.1. The Morgan fingerprint density at radius 2 is 1.75 bits per heavy atom. The fourth-order valence-corrected chi connectivity index (χ4v) is 3.56. The molecule has 3 rings (SSSR count). The first-order valence-electron chi connectivity index (χ1n) is 10.1. The predicted molar refractivity (Wildman–Crippen MR) is 111 cm³/mol. The summed E-state index contributed by atoms with van der Waals surface area (Å²) in [6.45, 7) is 9.83. The molecule has 28 heavy (non-hydrogen) atoms. The van der Waals surface area contributed by atoms with E-state index in [1.165, 1.54) is 16.7 Å².